The van der Waals surface area contributed by atoms with Gasteiger partial charge in [0.25, 0.3) is 5.70 Å². The molecule has 1 aromatic rings. The minimum Gasteiger partial charge on any atom is -0.259 e. The molecule has 0 aliphatic heterocycles. The van der Waals surface area contributed by atoms with E-state index < -0.39 is 0 Å². The van der Waals surface area contributed by atoms with E-state index in [1.165, 1.54) is 10.8 Å². The average molecular weight is 275 g/mol. The molecule has 0 spiro atoms. The van der Waals surface area contributed by atoms with Crippen LogP contribution >= 0.6 is 15.9 Å². The molecule has 0 aromatic carbocycles. The molecule has 6 nitrogen and oxygen atoms in total. The highest BCUT2D eigenvalue weighted by Crippen LogP contribution is 2.19. The molecule has 0 N–H and O–H groups in total. The summed E-state index contributed by atoms with van der Waals surface area (Å²) < 4.78 is 1.99. The SMILES string of the molecule is CC(C)/C(=C\c1c(Br)nnn1C)[N+](=O)[O-]. The third-order valence-corrected chi connectivity index (χ3v) is 2.48. The summed E-state index contributed by atoms with van der Waals surface area (Å²) in [6.07, 6.45) is 1.48. The topological polar surface area (TPSA) is 73.8 Å². The van der Waals surface area contributed by atoms with Crippen LogP contribution in [-0.4, -0.2) is 19.9 Å². The number of aryl methyl sites for hydroxylation is 1. The summed E-state index contributed by atoms with van der Waals surface area (Å²) >= 11 is 3.18. The first-order valence-electron chi connectivity index (χ1n) is 4.34. The predicted octanol–water partition coefficient (Wildman–Crippen LogP) is 1.85. The Bertz CT molecular complexity index is 391. The van der Waals surface area contributed by atoms with E-state index in [0.717, 1.165) is 0 Å². The third-order valence-electron chi connectivity index (χ3n) is 1.91. The van der Waals surface area contributed by atoms with Crippen molar-refractivity contribution in [1.82, 2.24) is 15.0 Å². The zero-order valence-corrected chi connectivity index (χ0v) is 10.2. The van der Waals surface area contributed by atoms with Gasteiger partial charge in [-0.25, -0.2) is 4.68 Å². The smallest absolute Gasteiger partial charge is 0.250 e. The second kappa shape index (κ2) is 4.52. The summed E-state index contributed by atoms with van der Waals surface area (Å²) in [5.74, 6) is -0.151. The normalized spacial score (nSPS) is 12.2. The maximum absolute atomic E-state index is 10.8. The fraction of sp³-hybridized carbons (Fsp3) is 0.500. The van der Waals surface area contributed by atoms with Crippen molar-refractivity contribution in [3.05, 3.63) is 26.1 Å². The van der Waals surface area contributed by atoms with Gasteiger partial charge in [-0.3, -0.25) is 10.1 Å². The molecule has 7 heteroatoms. The lowest BCUT2D eigenvalue weighted by atomic mass is 10.1. The van der Waals surface area contributed by atoms with E-state index in [-0.39, 0.29) is 16.5 Å². The minimum atomic E-state index is -0.385. The molecule has 0 aliphatic rings. The van der Waals surface area contributed by atoms with Crippen molar-refractivity contribution in [3.8, 4) is 0 Å². The highest BCUT2D eigenvalue weighted by molar-refractivity contribution is 9.10. The molecule has 0 aliphatic carbocycles. The molecular weight excluding hydrogens is 264 g/mol. The Kier molecular flexibility index (Phi) is 3.57. The minimum absolute atomic E-state index is 0.140. The predicted molar refractivity (Wildman–Crippen MR) is 58.5 cm³/mol. The van der Waals surface area contributed by atoms with Crippen molar-refractivity contribution in [2.75, 3.05) is 0 Å². The van der Waals surface area contributed by atoms with Crippen LogP contribution in [0.5, 0.6) is 0 Å². The van der Waals surface area contributed by atoms with Crippen LogP contribution in [0.2, 0.25) is 0 Å². The Morgan fingerprint density at radius 2 is 2.27 bits per heavy atom. The largest absolute Gasteiger partial charge is 0.259 e. The number of halogens is 1. The Balaban J connectivity index is 3.19. The lowest BCUT2D eigenvalue weighted by molar-refractivity contribution is -0.431. The zero-order chi connectivity index (χ0) is 11.6. The number of rotatable bonds is 3. The molecule has 0 amide bonds. The molecule has 0 fully saturated rings. The number of hydrogen-bond donors (Lipinski definition) is 0. The quantitative estimate of drug-likeness (QED) is 0.623. The van der Waals surface area contributed by atoms with Gasteiger partial charge in [0.15, 0.2) is 4.60 Å². The van der Waals surface area contributed by atoms with E-state index in [1.54, 1.807) is 20.9 Å². The first kappa shape index (κ1) is 11.8. The third kappa shape index (κ3) is 2.62. The molecule has 0 unspecified atom stereocenters. The van der Waals surface area contributed by atoms with Crippen LogP contribution in [0.4, 0.5) is 0 Å². The van der Waals surface area contributed by atoms with Crippen LogP contribution in [0.25, 0.3) is 6.08 Å². The van der Waals surface area contributed by atoms with Crippen molar-refractivity contribution < 1.29 is 4.92 Å². The van der Waals surface area contributed by atoms with Crippen molar-refractivity contribution in [1.29, 1.82) is 0 Å². The average Bonchev–Trinajstić information content (AvgIpc) is 2.42. The van der Waals surface area contributed by atoms with Gasteiger partial charge in [0.1, 0.15) is 5.69 Å². The monoisotopic (exact) mass is 274 g/mol. The van der Waals surface area contributed by atoms with E-state index in [4.69, 9.17) is 0 Å². The van der Waals surface area contributed by atoms with E-state index in [1.807, 2.05) is 0 Å². The standard InChI is InChI=1S/C8H11BrN4O2/c1-5(2)6(13(14)15)4-7-8(9)10-11-12(7)3/h4-5H,1-3H3/b6-4+. The Morgan fingerprint density at radius 1 is 1.67 bits per heavy atom. The van der Waals surface area contributed by atoms with Crippen molar-refractivity contribution in [3.63, 3.8) is 0 Å². The van der Waals surface area contributed by atoms with Gasteiger partial charge in [-0.1, -0.05) is 19.1 Å². The van der Waals surface area contributed by atoms with Crippen molar-refractivity contribution in [2.24, 2.45) is 13.0 Å². The van der Waals surface area contributed by atoms with Crippen LogP contribution in [-0.2, 0) is 7.05 Å². The molecule has 1 heterocycles. The molecule has 82 valence electrons. The molecule has 1 aromatic heterocycles. The number of hydrogen-bond acceptors (Lipinski definition) is 4. The summed E-state index contributed by atoms with van der Waals surface area (Å²) in [5.41, 5.74) is 0.733. The Labute approximate surface area is 95.2 Å². The maximum atomic E-state index is 10.8. The summed E-state index contributed by atoms with van der Waals surface area (Å²) in [7, 11) is 1.68. The Morgan fingerprint density at radius 3 is 2.60 bits per heavy atom. The maximum Gasteiger partial charge on any atom is 0.250 e. The lowest BCUT2D eigenvalue weighted by Crippen LogP contribution is -2.06. The first-order chi connectivity index (χ1) is 6.93. The van der Waals surface area contributed by atoms with Gasteiger partial charge in [-0.15, -0.1) is 5.10 Å². The van der Waals surface area contributed by atoms with Gasteiger partial charge in [0, 0.05) is 19.0 Å². The van der Waals surface area contributed by atoms with E-state index in [0.29, 0.717) is 10.3 Å². The summed E-state index contributed by atoms with van der Waals surface area (Å²) in [6.45, 7) is 3.54. The zero-order valence-electron chi connectivity index (χ0n) is 8.64. The van der Waals surface area contributed by atoms with Crippen molar-refractivity contribution in [2.45, 2.75) is 13.8 Å². The molecule has 15 heavy (non-hydrogen) atoms. The highest BCUT2D eigenvalue weighted by atomic mass is 79.9. The Hall–Kier alpha value is -1.24. The lowest BCUT2D eigenvalue weighted by Gasteiger charge is -2.01. The van der Waals surface area contributed by atoms with Gasteiger partial charge >= 0.3 is 0 Å². The molecule has 0 atom stereocenters. The van der Waals surface area contributed by atoms with Crippen LogP contribution in [0.1, 0.15) is 19.5 Å². The number of nitrogens with zero attached hydrogens (tertiary/aromatic N) is 4. The number of aromatic nitrogens is 3. The number of nitro groups is 1. The van der Waals surface area contributed by atoms with Gasteiger partial charge in [0.05, 0.1) is 4.92 Å². The molecule has 0 radical (unpaired) electrons. The van der Waals surface area contributed by atoms with Crippen molar-refractivity contribution >= 4 is 22.0 Å². The molecule has 0 saturated carbocycles. The molecular formula is C8H11BrN4O2. The first-order valence-corrected chi connectivity index (χ1v) is 5.14. The fourth-order valence-electron chi connectivity index (χ4n) is 1.06. The van der Waals surface area contributed by atoms with E-state index in [2.05, 4.69) is 26.2 Å². The summed E-state index contributed by atoms with van der Waals surface area (Å²) in [6, 6.07) is 0. The van der Waals surface area contributed by atoms with Gasteiger partial charge in [-0.05, 0) is 15.9 Å². The van der Waals surface area contributed by atoms with Crippen LogP contribution in [0.3, 0.4) is 0 Å². The van der Waals surface area contributed by atoms with Crippen LogP contribution < -0.4 is 0 Å². The summed E-state index contributed by atoms with van der Waals surface area (Å²) in [4.78, 5) is 10.4. The second-order valence-electron chi connectivity index (χ2n) is 3.37. The fourth-order valence-corrected chi connectivity index (χ4v) is 1.50. The molecule has 0 saturated heterocycles. The van der Waals surface area contributed by atoms with E-state index >= 15 is 0 Å². The van der Waals surface area contributed by atoms with Crippen LogP contribution in [0.15, 0.2) is 10.3 Å². The van der Waals surface area contributed by atoms with Gasteiger partial charge in [0.2, 0.25) is 0 Å². The van der Waals surface area contributed by atoms with Gasteiger partial charge in [-0.2, -0.15) is 0 Å². The van der Waals surface area contributed by atoms with Gasteiger partial charge < -0.3 is 0 Å². The highest BCUT2D eigenvalue weighted by Gasteiger charge is 2.18. The molecule has 0 bridgehead atoms. The second-order valence-corrected chi connectivity index (χ2v) is 4.12. The number of allylic oxidation sites excluding steroid dienone is 1. The summed E-state index contributed by atoms with van der Waals surface area (Å²) in [5, 5.41) is 18.3. The van der Waals surface area contributed by atoms with E-state index in [9.17, 15) is 10.1 Å². The molecule has 1 rings (SSSR count). The van der Waals surface area contributed by atoms with Crippen LogP contribution in [0, 0.1) is 16.0 Å².